The fraction of sp³-hybridized carbons (Fsp3) is 0.500. The van der Waals surface area contributed by atoms with Crippen LogP contribution in [0.5, 0.6) is 5.75 Å². The second kappa shape index (κ2) is 14.5. The predicted molar refractivity (Wildman–Crippen MR) is 138 cm³/mol. The number of rotatable bonds is 14. The summed E-state index contributed by atoms with van der Waals surface area (Å²) >= 11 is 0. The lowest BCUT2D eigenvalue weighted by molar-refractivity contribution is -0.145. The number of carboxylic acid groups (broad SMARTS) is 2. The number of nitrogens with one attached hydrogen (secondary N) is 2. The van der Waals surface area contributed by atoms with Crippen LogP contribution in [0.25, 0.3) is 0 Å². The number of hydrogen-bond donors (Lipinski definition) is 8. The number of aliphatic carboxylic acids is 2. The van der Waals surface area contributed by atoms with Crippen LogP contribution < -0.4 is 27.8 Å². The number of nitrogens with two attached hydrogens (primary N) is 3. The molecule has 15 nitrogen and oxygen atoms in total. The smallest absolute Gasteiger partial charge is 0.326 e. The average molecular weight is 550 g/mol. The Labute approximate surface area is 224 Å². The fourth-order valence-electron chi connectivity index (χ4n) is 4.16. The van der Waals surface area contributed by atoms with E-state index < -0.39 is 60.2 Å². The standard InChI is InChI=1S/C24H35N7O8/c25-15(12-19(33)34)20(35)29-16(3-1-9-28-24(26)27)22(37)31-10-2-4-18(31)21(36)30-17(23(38)39)11-13-5-7-14(32)8-6-13/h5-8,15-18,32H,1-4,9-12,25H2,(H,29,35)(H,30,36)(H,33,34)(H,38,39)(H4,26,27,28). The molecule has 214 valence electrons. The summed E-state index contributed by atoms with van der Waals surface area (Å²) in [6, 6.07) is 1.06. The Morgan fingerprint density at radius 1 is 1.05 bits per heavy atom. The molecule has 2 rings (SSSR count). The molecule has 1 aromatic carbocycles. The third kappa shape index (κ3) is 9.77. The van der Waals surface area contributed by atoms with Crippen molar-refractivity contribution in [3.8, 4) is 5.75 Å². The van der Waals surface area contributed by atoms with Gasteiger partial charge in [0.25, 0.3) is 0 Å². The van der Waals surface area contributed by atoms with Crippen LogP contribution in [0.2, 0.25) is 0 Å². The van der Waals surface area contributed by atoms with Crippen LogP contribution in [-0.2, 0) is 30.4 Å². The highest BCUT2D eigenvalue weighted by atomic mass is 16.4. The lowest BCUT2D eigenvalue weighted by Gasteiger charge is -2.30. The largest absolute Gasteiger partial charge is 0.508 e. The SMILES string of the molecule is NC(N)=NCCCC(NC(=O)C(N)CC(=O)O)C(=O)N1CCCC1C(=O)NC(Cc1ccc(O)cc1)C(=O)O. The molecule has 39 heavy (non-hydrogen) atoms. The summed E-state index contributed by atoms with van der Waals surface area (Å²) < 4.78 is 0. The summed E-state index contributed by atoms with van der Waals surface area (Å²) in [5, 5.41) is 32.9. The number of phenols is 1. The number of aromatic hydroxyl groups is 1. The maximum Gasteiger partial charge on any atom is 0.326 e. The van der Waals surface area contributed by atoms with E-state index in [9.17, 15) is 34.2 Å². The first-order chi connectivity index (χ1) is 18.4. The lowest BCUT2D eigenvalue weighted by Crippen LogP contribution is -2.57. The van der Waals surface area contributed by atoms with Crippen molar-refractivity contribution in [1.82, 2.24) is 15.5 Å². The molecule has 11 N–H and O–H groups in total. The second-order valence-electron chi connectivity index (χ2n) is 9.17. The summed E-state index contributed by atoms with van der Waals surface area (Å²) in [5.74, 6) is -4.81. The molecule has 3 amide bonds. The van der Waals surface area contributed by atoms with E-state index in [0.29, 0.717) is 12.0 Å². The van der Waals surface area contributed by atoms with E-state index in [1.54, 1.807) is 0 Å². The molecular formula is C24H35N7O8. The summed E-state index contributed by atoms with van der Waals surface area (Å²) in [7, 11) is 0. The van der Waals surface area contributed by atoms with Crippen LogP contribution in [0.1, 0.15) is 37.7 Å². The van der Waals surface area contributed by atoms with E-state index in [1.165, 1.54) is 29.2 Å². The van der Waals surface area contributed by atoms with Gasteiger partial charge >= 0.3 is 11.9 Å². The van der Waals surface area contributed by atoms with E-state index in [1.807, 2.05) is 0 Å². The molecule has 1 fully saturated rings. The van der Waals surface area contributed by atoms with Gasteiger partial charge in [0.1, 0.15) is 23.9 Å². The summed E-state index contributed by atoms with van der Waals surface area (Å²) in [6.45, 7) is 0.346. The summed E-state index contributed by atoms with van der Waals surface area (Å²) in [4.78, 5) is 66.9. The maximum absolute atomic E-state index is 13.5. The third-order valence-corrected chi connectivity index (χ3v) is 6.12. The molecular weight excluding hydrogens is 514 g/mol. The van der Waals surface area contributed by atoms with Crippen LogP contribution in [0, 0.1) is 0 Å². The molecule has 0 aromatic heterocycles. The van der Waals surface area contributed by atoms with E-state index in [4.69, 9.17) is 22.3 Å². The fourth-order valence-corrected chi connectivity index (χ4v) is 4.16. The number of benzene rings is 1. The van der Waals surface area contributed by atoms with Gasteiger partial charge < -0.3 is 48.1 Å². The molecule has 4 atom stereocenters. The Morgan fingerprint density at radius 2 is 1.72 bits per heavy atom. The molecule has 0 aliphatic carbocycles. The topological polar surface area (TPSA) is 264 Å². The maximum atomic E-state index is 13.5. The van der Waals surface area contributed by atoms with Gasteiger partial charge in [0, 0.05) is 19.5 Å². The number of carbonyl (C=O) groups excluding carboxylic acids is 3. The minimum atomic E-state index is -1.40. The normalized spacial score (nSPS) is 16.9. The van der Waals surface area contributed by atoms with Crippen molar-refractivity contribution < 1.29 is 39.3 Å². The molecule has 1 aliphatic heterocycles. The molecule has 0 bridgehead atoms. The summed E-state index contributed by atoms with van der Waals surface area (Å²) in [6.07, 6.45) is 0.398. The number of aliphatic imine (C=N–C) groups is 1. The van der Waals surface area contributed by atoms with Crippen molar-refractivity contribution in [1.29, 1.82) is 0 Å². The molecule has 4 unspecified atom stereocenters. The van der Waals surface area contributed by atoms with Crippen LogP contribution in [-0.4, -0.2) is 93.1 Å². The van der Waals surface area contributed by atoms with E-state index in [0.717, 1.165) is 0 Å². The number of likely N-dealkylation sites (tertiary alicyclic amines) is 1. The first-order valence-corrected chi connectivity index (χ1v) is 12.3. The molecule has 15 heteroatoms. The van der Waals surface area contributed by atoms with Crippen molar-refractivity contribution in [2.45, 2.75) is 62.7 Å². The Bertz CT molecular complexity index is 1070. The van der Waals surface area contributed by atoms with Gasteiger partial charge in [-0.2, -0.15) is 0 Å². The first-order valence-electron chi connectivity index (χ1n) is 12.3. The van der Waals surface area contributed by atoms with E-state index in [2.05, 4.69) is 15.6 Å². The number of nitrogens with zero attached hydrogens (tertiary/aromatic N) is 2. The number of phenolic OH excluding ortho intramolecular Hbond substituents is 1. The predicted octanol–water partition coefficient (Wildman–Crippen LogP) is -2.16. The molecule has 0 radical (unpaired) electrons. The Hall–Kier alpha value is -4.40. The average Bonchev–Trinajstić information content (AvgIpc) is 3.35. The number of hydrogen-bond acceptors (Lipinski definition) is 8. The first kappa shape index (κ1) is 30.8. The highest BCUT2D eigenvalue weighted by Crippen LogP contribution is 2.20. The monoisotopic (exact) mass is 549 g/mol. The van der Waals surface area contributed by atoms with Gasteiger partial charge in [-0.3, -0.25) is 24.2 Å². The van der Waals surface area contributed by atoms with Crippen LogP contribution in [0.3, 0.4) is 0 Å². The second-order valence-corrected chi connectivity index (χ2v) is 9.17. The highest BCUT2D eigenvalue weighted by Gasteiger charge is 2.39. The number of amides is 3. The van der Waals surface area contributed by atoms with Crippen molar-refractivity contribution in [2.75, 3.05) is 13.1 Å². The Balaban J connectivity index is 2.15. The molecule has 0 spiro atoms. The van der Waals surface area contributed by atoms with Crippen LogP contribution in [0.4, 0.5) is 0 Å². The van der Waals surface area contributed by atoms with Crippen molar-refractivity contribution >= 4 is 35.6 Å². The Kier molecular flexibility index (Phi) is 11.5. The van der Waals surface area contributed by atoms with Gasteiger partial charge in [0.2, 0.25) is 17.7 Å². The minimum Gasteiger partial charge on any atom is -0.508 e. The van der Waals surface area contributed by atoms with E-state index in [-0.39, 0.29) is 50.5 Å². The van der Waals surface area contributed by atoms with Gasteiger partial charge in [-0.1, -0.05) is 12.1 Å². The molecule has 0 saturated carbocycles. The minimum absolute atomic E-state index is 0.0126. The number of carbonyl (C=O) groups is 5. The van der Waals surface area contributed by atoms with Crippen molar-refractivity contribution in [2.24, 2.45) is 22.2 Å². The molecule has 1 aliphatic rings. The van der Waals surface area contributed by atoms with Crippen molar-refractivity contribution in [3.05, 3.63) is 29.8 Å². The van der Waals surface area contributed by atoms with Gasteiger partial charge in [-0.15, -0.1) is 0 Å². The van der Waals surface area contributed by atoms with Crippen molar-refractivity contribution in [3.63, 3.8) is 0 Å². The zero-order valence-corrected chi connectivity index (χ0v) is 21.3. The third-order valence-electron chi connectivity index (χ3n) is 6.12. The highest BCUT2D eigenvalue weighted by molar-refractivity contribution is 5.95. The van der Waals surface area contributed by atoms with Gasteiger partial charge in [-0.05, 0) is 43.4 Å². The quantitative estimate of drug-likeness (QED) is 0.0703. The zero-order valence-electron chi connectivity index (χ0n) is 21.3. The molecule has 1 saturated heterocycles. The van der Waals surface area contributed by atoms with Crippen LogP contribution >= 0.6 is 0 Å². The van der Waals surface area contributed by atoms with Gasteiger partial charge in [0.05, 0.1) is 12.5 Å². The van der Waals surface area contributed by atoms with Crippen LogP contribution in [0.15, 0.2) is 29.3 Å². The molecule has 1 aromatic rings. The number of carboxylic acids is 2. The zero-order chi connectivity index (χ0) is 29.1. The molecule has 1 heterocycles. The summed E-state index contributed by atoms with van der Waals surface area (Å²) in [5.41, 5.74) is 16.8. The Morgan fingerprint density at radius 3 is 2.31 bits per heavy atom. The lowest BCUT2D eigenvalue weighted by atomic mass is 10.0. The number of guanidine groups is 1. The van der Waals surface area contributed by atoms with Gasteiger partial charge in [-0.25, -0.2) is 4.79 Å². The van der Waals surface area contributed by atoms with E-state index >= 15 is 0 Å². The van der Waals surface area contributed by atoms with Gasteiger partial charge in [0.15, 0.2) is 5.96 Å².